The Bertz CT molecular complexity index is 109. The van der Waals surface area contributed by atoms with Crippen molar-refractivity contribution in [2.45, 2.75) is 13.0 Å². The number of carboxylic acid groups (broad SMARTS) is 1. The van der Waals surface area contributed by atoms with Gasteiger partial charge in [-0.25, -0.2) is 0 Å². The number of carboxylic acids is 1. The first kappa shape index (κ1) is 8.17. The van der Waals surface area contributed by atoms with E-state index in [0.29, 0.717) is 6.61 Å². The number of rotatable bonds is 4. The Morgan fingerprint density at radius 3 is 2.67 bits per heavy atom. The van der Waals surface area contributed by atoms with Crippen molar-refractivity contribution in [2.75, 3.05) is 6.61 Å². The Hall–Kier alpha value is -0.830. The molecule has 0 heterocycles. The summed E-state index contributed by atoms with van der Waals surface area (Å²) in [6.45, 7) is 5.31. The van der Waals surface area contributed by atoms with E-state index in [-0.39, 0.29) is 0 Å². The van der Waals surface area contributed by atoms with E-state index in [2.05, 4.69) is 11.3 Å². The van der Waals surface area contributed by atoms with Gasteiger partial charge in [0.2, 0.25) is 0 Å². The number of aliphatic carboxylic acids is 1. The Morgan fingerprint density at radius 1 is 2.00 bits per heavy atom. The second-order valence-corrected chi connectivity index (χ2v) is 1.43. The zero-order valence-electron chi connectivity index (χ0n) is 5.29. The lowest BCUT2D eigenvalue weighted by molar-refractivity contribution is -0.314. The zero-order chi connectivity index (χ0) is 7.28. The van der Waals surface area contributed by atoms with Gasteiger partial charge in [-0.1, -0.05) is 6.08 Å². The minimum atomic E-state index is -1.24. The topological polar surface area (TPSA) is 49.4 Å². The molecule has 3 heteroatoms. The summed E-state index contributed by atoms with van der Waals surface area (Å²) in [4.78, 5) is 10.0. The Labute approximate surface area is 53.9 Å². The molecular weight excluding hydrogens is 120 g/mol. The summed E-state index contributed by atoms with van der Waals surface area (Å²) in [5.74, 6) is -1.24. The lowest BCUT2D eigenvalue weighted by atomic mass is 10.3. The normalized spacial score (nSPS) is 12.6. The van der Waals surface area contributed by atoms with Gasteiger partial charge in [0.1, 0.15) is 6.10 Å². The fraction of sp³-hybridized carbons (Fsp3) is 0.500. The summed E-state index contributed by atoms with van der Waals surface area (Å²) in [6.07, 6.45) is 0.230. The van der Waals surface area contributed by atoms with E-state index in [9.17, 15) is 9.90 Å². The van der Waals surface area contributed by atoms with Gasteiger partial charge in [0.15, 0.2) is 0 Å². The van der Waals surface area contributed by atoms with Crippen LogP contribution in [0, 0.1) is 0 Å². The first-order chi connectivity index (χ1) is 4.22. The SMILES string of the molecule is C=CC(OCC)C(=O)[O-]. The third-order valence-corrected chi connectivity index (χ3v) is 0.793. The summed E-state index contributed by atoms with van der Waals surface area (Å²) in [5, 5.41) is 10.0. The van der Waals surface area contributed by atoms with Crippen molar-refractivity contribution >= 4 is 5.97 Å². The predicted molar refractivity (Wildman–Crippen MR) is 30.6 cm³/mol. The molecule has 0 radical (unpaired) electrons. The minimum absolute atomic E-state index is 0.352. The van der Waals surface area contributed by atoms with E-state index in [4.69, 9.17) is 0 Å². The molecule has 0 bridgehead atoms. The van der Waals surface area contributed by atoms with Crippen molar-refractivity contribution in [2.24, 2.45) is 0 Å². The van der Waals surface area contributed by atoms with Gasteiger partial charge in [-0.3, -0.25) is 0 Å². The Morgan fingerprint density at radius 2 is 2.56 bits per heavy atom. The van der Waals surface area contributed by atoms with Gasteiger partial charge in [-0.15, -0.1) is 6.58 Å². The molecule has 0 aliphatic carbocycles. The van der Waals surface area contributed by atoms with Gasteiger partial charge < -0.3 is 14.6 Å². The predicted octanol–water partition coefficient (Wildman–Crippen LogP) is -0.673. The van der Waals surface area contributed by atoms with Crippen LogP contribution in [-0.4, -0.2) is 18.7 Å². The summed E-state index contributed by atoms with van der Waals surface area (Å²) in [6, 6.07) is 0. The van der Waals surface area contributed by atoms with Crippen molar-refractivity contribution < 1.29 is 14.6 Å². The molecule has 0 N–H and O–H groups in total. The molecule has 1 unspecified atom stereocenters. The molecule has 0 aliphatic rings. The standard InChI is InChI=1S/C6H10O3/c1-3-5(6(7)8)9-4-2/h3,5H,1,4H2,2H3,(H,7,8)/p-1. The van der Waals surface area contributed by atoms with Crippen LogP contribution in [0.5, 0.6) is 0 Å². The number of hydrogen-bond acceptors (Lipinski definition) is 3. The second-order valence-electron chi connectivity index (χ2n) is 1.43. The second kappa shape index (κ2) is 4.09. The van der Waals surface area contributed by atoms with Crippen molar-refractivity contribution in [1.82, 2.24) is 0 Å². The summed E-state index contributed by atoms with van der Waals surface area (Å²) >= 11 is 0. The van der Waals surface area contributed by atoms with Crippen LogP contribution in [0.3, 0.4) is 0 Å². The van der Waals surface area contributed by atoms with Crippen LogP contribution in [0.1, 0.15) is 6.92 Å². The molecule has 0 aliphatic heterocycles. The van der Waals surface area contributed by atoms with Gasteiger partial charge in [-0.2, -0.15) is 0 Å². The van der Waals surface area contributed by atoms with Crippen molar-refractivity contribution in [3.05, 3.63) is 12.7 Å². The largest absolute Gasteiger partial charge is 0.547 e. The average Bonchev–Trinajstić information content (AvgIpc) is 1.82. The third-order valence-electron chi connectivity index (χ3n) is 0.793. The molecule has 0 aromatic heterocycles. The van der Waals surface area contributed by atoms with Crippen LogP contribution in [0.15, 0.2) is 12.7 Å². The molecule has 0 amide bonds. The molecule has 1 atom stereocenters. The molecule has 0 rings (SSSR count). The first-order valence-electron chi connectivity index (χ1n) is 2.67. The fourth-order valence-electron chi connectivity index (χ4n) is 0.412. The van der Waals surface area contributed by atoms with Crippen LogP contribution >= 0.6 is 0 Å². The highest BCUT2D eigenvalue weighted by atomic mass is 16.5. The van der Waals surface area contributed by atoms with E-state index < -0.39 is 12.1 Å². The van der Waals surface area contributed by atoms with E-state index in [1.165, 1.54) is 6.08 Å². The monoisotopic (exact) mass is 129 g/mol. The summed E-state index contributed by atoms with van der Waals surface area (Å²) in [5.41, 5.74) is 0. The summed E-state index contributed by atoms with van der Waals surface area (Å²) in [7, 11) is 0. The molecule has 0 aromatic carbocycles. The van der Waals surface area contributed by atoms with Crippen LogP contribution in [0.4, 0.5) is 0 Å². The third kappa shape index (κ3) is 2.87. The van der Waals surface area contributed by atoms with Crippen molar-refractivity contribution in [3.8, 4) is 0 Å². The number of carbonyl (C=O) groups excluding carboxylic acids is 1. The van der Waals surface area contributed by atoms with Gasteiger partial charge in [0, 0.05) is 6.61 Å². The van der Waals surface area contributed by atoms with E-state index in [1.54, 1.807) is 6.92 Å². The Kier molecular flexibility index (Phi) is 3.71. The lowest BCUT2D eigenvalue weighted by Gasteiger charge is -2.11. The van der Waals surface area contributed by atoms with Crippen LogP contribution < -0.4 is 5.11 Å². The molecule has 52 valence electrons. The van der Waals surface area contributed by atoms with Gasteiger partial charge >= 0.3 is 0 Å². The van der Waals surface area contributed by atoms with E-state index >= 15 is 0 Å². The highest BCUT2D eigenvalue weighted by Crippen LogP contribution is 1.89. The molecule has 0 saturated heterocycles. The van der Waals surface area contributed by atoms with Gasteiger partial charge in [0.25, 0.3) is 0 Å². The minimum Gasteiger partial charge on any atom is -0.547 e. The lowest BCUT2D eigenvalue weighted by Crippen LogP contribution is -2.36. The molecule has 0 aromatic rings. The maximum atomic E-state index is 10.0. The molecular formula is C6H9O3-. The fourth-order valence-corrected chi connectivity index (χ4v) is 0.412. The maximum Gasteiger partial charge on any atom is 0.115 e. The van der Waals surface area contributed by atoms with Crippen LogP contribution in [-0.2, 0) is 9.53 Å². The molecule has 3 nitrogen and oxygen atoms in total. The summed E-state index contributed by atoms with van der Waals surface area (Å²) < 4.78 is 4.67. The molecule has 9 heavy (non-hydrogen) atoms. The quantitative estimate of drug-likeness (QED) is 0.473. The maximum absolute atomic E-state index is 10.0. The Balaban J connectivity index is 3.68. The van der Waals surface area contributed by atoms with E-state index in [0.717, 1.165) is 0 Å². The average molecular weight is 129 g/mol. The zero-order valence-corrected chi connectivity index (χ0v) is 5.29. The molecule has 0 saturated carbocycles. The van der Waals surface area contributed by atoms with Crippen LogP contribution in [0.2, 0.25) is 0 Å². The highest BCUT2D eigenvalue weighted by molar-refractivity contribution is 5.72. The van der Waals surface area contributed by atoms with Gasteiger partial charge in [-0.05, 0) is 6.92 Å². The number of hydrogen-bond donors (Lipinski definition) is 0. The van der Waals surface area contributed by atoms with Crippen molar-refractivity contribution in [3.63, 3.8) is 0 Å². The van der Waals surface area contributed by atoms with Crippen LogP contribution in [0.25, 0.3) is 0 Å². The smallest absolute Gasteiger partial charge is 0.115 e. The highest BCUT2D eigenvalue weighted by Gasteiger charge is 2.01. The first-order valence-corrected chi connectivity index (χ1v) is 2.67. The van der Waals surface area contributed by atoms with Gasteiger partial charge in [0.05, 0.1) is 5.97 Å². The van der Waals surface area contributed by atoms with Crippen molar-refractivity contribution in [1.29, 1.82) is 0 Å². The molecule has 0 fully saturated rings. The van der Waals surface area contributed by atoms with E-state index in [1.807, 2.05) is 0 Å². The molecule has 0 spiro atoms. The number of carbonyl (C=O) groups is 1. The number of ether oxygens (including phenoxy) is 1.